The third-order valence-electron chi connectivity index (χ3n) is 4.22. The summed E-state index contributed by atoms with van der Waals surface area (Å²) >= 11 is 0. The summed E-state index contributed by atoms with van der Waals surface area (Å²) in [6, 6.07) is 6.54. The number of hydrogen-bond acceptors (Lipinski definition) is 3. The number of carbonyl (C=O) groups is 1. The van der Waals surface area contributed by atoms with Gasteiger partial charge in [-0.15, -0.1) is 0 Å². The van der Waals surface area contributed by atoms with Gasteiger partial charge in [0.2, 0.25) is 0 Å². The van der Waals surface area contributed by atoms with E-state index in [-0.39, 0.29) is 5.78 Å². The highest BCUT2D eigenvalue weighted by molar-refractivity contribution is 5.98. The molecular weight excluding hydrogens is 250 g/mol. The summed E-state index contributed by atoms with van der Waals surface area (Å²) in [4.78, 5) is 14.8. The molecule has 0 amide bonds. The molecule has 1 aromatic rings. The van der Waals surface area contributed by atoms with Crippen LogP contribution in [0.15, 0.2) is 18.2 Å². The third-order valence-corrected chi connectivity index (χ3v) is 4.22. The molecule has 3 rings (SSSR count). The number of ether oxygens (including phenoxy) is 1. The van der Waals surface area contributed by atoms with Crippen molar-refractivity contribution < 1.29 is 9.53 Å². The summed E-state index contributed by atoms with van der Waals surface area (Å²) < 4.78 is 5.49. The van der Waals surface area contributed by atoms with E-state index in [1.165, 1.54) is 31.2 Å². The van der Waals surface area contributed by atoms with Gasteiger partial charge in [-0.25, -0.2) is 0 Å². The van der Waals surface area contributed by atoms with E-state index in [0.717, 1.165) is 30.9 Å². The average molecular weight is 273 g/mol. The maximum atomic E-state index is 12.5. The van der Waals surface area contributed by atoms with Gasteiger partial charge in [-0.05, 0) is 49.6 Å². The molecule has 1 saturated carbocycles. The topological polar surface area (TPSA) is 29.5 Å². The maximum Gasteiger partial charge on any atom is 0.176 e. The van der Waals surface area contributed by atoms with Crippen LogP contribution in [0.4, 0.5) is 0 Å². The highest BCUT2D eigenvalue weighted by Gasteiger charge is 2.30. The zero-order valence-electron chi connectivity index (χ0n) is 12.2. The normalized spacial score (nSPS) is 17.1. The number of fused-ring (bicyclic) bond motifs is 1. The van der Waals surface area contributed by atoms with Gasteiger partial charge >= 0.3 is 0 Å². The number of Topliss-reactive ketones (excluding diaryl/α,β-unsaturated/α-hetero) is 1. The van der Waals surface area contributed by atoms with Crippen LogP contribution in [0.3, 0.4) is 0 Å². The minimum atomic E-state index is 0.253. The fourth-order valence-electron chi connectivity index (χ4n) is 2.83. The van der Waals surface area contributed by atoms with Crippen molar-refractivity contribution in [1.82, 2.24) is 4.90 Å². The van der Waals surface area contributed by atoms with E-state index in [0.29, 0.717) is 12.6 Å². The Bertz CT molecular complexity index is 494. The van der Waals surface area contributed by atoms with Crippen LogP contribution in [0.1, 0.15) is 48.5 Å². The summed E-state index contributed by atoms with van der Waals surface area (Å²) in [6.07, 6.45) is 5.82. The van der Waals surface area contributed by atoms with Crippen LogP contribution in [0.25, 0.3) is 0 Å². The predicted molar refractivity (Wildman–Crippen MR) is 79.5 cm³/mol. The molecule has 1 aromatic carbocycles. The first-order valence-electron chi connectivity index (χ1n) is 7.81. The second-order valence-electron chi connectivity index (χ2n) is 5.90. The molecule has 1 heterocycles. The molecule has 0 saturated heterocycles. The summed E-state index contributed by atoms with van der Waals surface area (Å²) in [5, 5.41) is 0. The van der Waals surface area contributed by atoms with Crippen molar-refractivity contribution in [3.63, 3.8) is 0 Å². The molecule has 2 aliphatic rings. The predicted octanol–water partition coefficient (Wildman–Crippen LogP) is 3.07. The van der Waals surface area contributed by atoms with Crippen LogP contribution in [0.2, 0.25) is 0 Å². The summed E-state index contributed by atoms with van der Waals surface area (Å²) in [7, 11) is 0. The Morgan fingerprint density at radius 3 is 3.00 bits per heavy atom. The van der Waals surface area contributed by atoms with Gasteiger partial charge in [0.05, 0.1) is 13.2 Å². The van der Waals surface area contributed by atoms with Crippen LogP contribution in [0.5, 0.6) is 5.75 Å². The fraction of sp³-hybridized carbons (Fsp3) is 0.588. The number of nitrogens with zero attached hydrogens (tertiary/aromatic N) is 1. The van der Waals surface area contributed by atoms with Gasteiger partial charge in [-0.1, -0.05) is 13.3 Å². The number of carbonyl (C=O) groups excluding carboxylic acids is 1. The van der Waals surface area contributed by atoms with Gasteiger partial charge in [0.1, 0.15) is 5.75 Å². The number of rotatable bonds is 7. The monoisotopic (exact) mass is 273 g/mol. The second-order valence-corrected chi connectivity index (χ2v) is 5.90. The molecule has 0 spiro atoms. The summed E-state index contributed by atoms with van der Waals surface area (Å²) in [6.45, 7) is 4.58. The Kier molecular flexibility index (Phi) is 4.06. The Balaban J connectivity index is 1.65. The first kappa shape index (κ1) is 13.6. The zero-order valence-corrected chi connectivity index (χ0v) is 12.2. The highest BCUT2D eigenvalue weighted by Crippen LogP contribution is 2.29. The molecule has 0 atom stereocenters. The van der Waals surface area contributed by atoms with Crippen molar-refractivity contribution in [1.29, 1.82) is 0 Å². The van der Waals surface area contributed by atoms with Crippen molar-refractivity contribution in [3.8, 4) is 5.75 Å². The molecule has 0 unspecified atom stereocenters. The number of benzene rings is 1. The Morgan fingerprint density at radius 1 is 1.40 bits per heavy atom. The van der Waals surface area contributed by atoms with E-state index in [2.05, 4.69) is 11.8 Å². The minimum absolute atomic E-state index is 0.253. The van der Waals surface area contributed by atoms with Gasteiger partial charge in [-0.2, -0.15) is 0 Å². The molecule has 20 heavy (non-hydrogen) atoms. The molecule has 3 heteroatoms. The van der Waals surface area contributed by atoms with Crippen LogP contribution >= 0.6 is 0 Å². The first-order valence-corrected chi connectivity index (χ1v) is 7.81. The fourth-order valence-corrected chi connectivity index (χ4v) is 2.83. The van der Waals surface area contributed by atoms with Crippen LogP contribution in [0, 0.1) is 0 Å². The van der Waals surface area contributed by atoms with E-state index < -0.39 is 0 Å². The first-order chi connectivity index (χ1) is 9.78. The lowest BCUT2D eigenvalue weighted by Crippen LogP contribution is -2.32. The number of unbranched alkanes of at least 4 members (excludes halogenated alkanes) is 1. The van der Waals surface area contributed by atoms with Crippen LogP contribution in [-0.4, -0.2) is 36.4 Å². The summed E-state index contributed by atoms with van der Waals surface area (Å²) in [5.41, 5.74) is 2.03. The van der Waals surface area contributed by atoms with E-state index in [4.69, 9.17) is 4.74 Å². The Labute approximate surface area is 120 Å². The zero-order chi connectivity index (χ0) is 13.9. The van der Waals surface area contributed by atoms with E-state index in [9.17, 15) is 4.79 Å². The molecule has 1 aliphatic heterocycles. The van der Waals surface area contributed by atoms with Crippen molar-refractivity contribution in [2.75, 3.05) is 19.7 Å². The van der Waals surface area contributed by atoms with E-state index in [1.807, 2.05) is 18.2 Å². The Morgan fingerprint density at radius 2 is 2.25 bits per heavy atom. The SMILES string of the molecule is CCCCN(CC(=O)c1ccc2c(c1)CCO2)C1CC1. The largest absolute Gasteiger partial charge is 0.493 e. The molecule has 0 aromatic heterocycles. The quantitative estimate of drug-likeness (QED) is 0.715. The van der Waals surface area contributed by atoms with Crippen molar-refractivity contribution in [3.05, 3.63) is 29.3 Å². The molecule has 0 radical (unpaired) electrons. The minimum Gasteiger partial charge on any atom is -0.493 e. The van der Waals surface area contributed by atoms with Gasteiger partial charge in [0.15, 0.2) is 5.78 Å². The van der Waals surface area contributed by atoms with Gasteiger partial charge < -0.3 is 4.74 Å². The second kappa shape index (κ2) is 5.96. The van der Waals surface area contributed by atoms with Crippen LogP contribution in [-0.2, 0) is 6.42 Å². The molecule has 108 valence electrons. The molecule has 1 aliphatic carbocycles. The average Bonchev–Trinajstić information content (AvgIpc) is 3.20. The standard InChI is InChI=1S/C17H23NO2/c1-2-3-9-18(15-5-6-15)12-16(19)13-4-7-17-14(11-13)8-10-20-17/h4,7,11,15H,2-3,5-6,8-10,12H2,1H3. The lowest BCUT2D eigenvalue weighted by Gasteiger charge is -2.20. The molecule has 3 nitrogen and oxygen atoms in total. The van der Waals surface area contributed by atoms with Crippen molar-refractivity contribution in [2.45, 2.75) is 45.1 Å². The molecule has 1 fully saturated rings. The number of hydrogen-bond donors (Lipinski definition) is 0. The van der Waals surface area contributed by atoms with Crippen molar-refractivity contribution in [2.24, 2.45) is 0 Å². The van der Waals surface area contributed by atoms with Crippen molar-refractivity contribution >= 4 is 5.78 Å². The lowest BCUT2D eigenvalue weighted by molar-refractivity contribution is 0.0923. The van der Waals surface area contributed by atoms with Gasteiger partial charge in [0, 0.05) is 18.0 Å². The lowest BCUT2D eigenvalue weighted by atomic mass is 10.0. The highest BCUT2D eigenvalue weighted by atomic mass is 16.5. The van der Waals surface area contributed by atoms with E-state index >= 15 is 0 Å². The summed E-state index contributed by atoms with van der Waals surface area (Å²) in [5.74, 6) is 1.20. The Hall–Kier alpha value is -1.35. The van der Waals surface area contributed by atoms with Crippen LogP contribution < -0.4 is 4.74 Å². The molecular formula is C17H23NO2. The van der Waals surface area contributed by atoms with Gasteiger partial charge in [0.25, 0.3) is 0 Å². The molecule has 0 N–H and O–H groups in total. The maximum absolute atomic E-state index is 12.5. The van der Waals surface area contributed by atoms with Gasteiger partial charge in [-0.3, -0.25) is 9.69 Å². The number of ketones is 1. The third kappa shape index (κ3) is 3.04. The smallest absolute Gasteiger partial charge is 0.176 e. The van der Waals surface area contributed by atoms with E-state index in [1.54, 1.807) is 0 Å². The molecule has 0 bridgehead atoms.